The van der Waals surface area contributed by atoms with Crippen LogP contribution in [0.25, 0.3) is 10.2 Å². The zero-order valence-corrected chi connectivity index (χ0v) is 14.5. The van der Waals surface area contributed by atoms with Crippen molar-refractivity contribution in [1.82, 2.24) is 4.98 Å². The van der Waals surface area contributed by atoms with E-state index in [-0.39, 0.29) is 5.91 Å². The predicted octanol–water partition coefficient (Wildman–Crippen LogP) is 5.10. The lowest BCUT2D eigenvalue weighted by molar-refractivity contribution is -0.111. The highest BCUT2D eigenvalue weighted by atomic mass is 32.1. The van der Waals surface area contributed by atoms with Crippen LogP contribution in [-0.2, 0) is 4.79 Å². The molecule has 4 aromatic rings. The molecule has 0 N–H and O–H groups in total. The van der Waals surface area contributed by atoms with E-state index >= 15 is 0 Å². The van der Waals surface area contributed by atoms with Gasteiger partial charge in [-0.2, -0.15) is 0 Å². The Balaban J connectivity index is 1.66. The molecule has 1 amide bonds. The highest BCUT2D eigenvalue weighted by Gasteiger charge is 2.34. The molecule has 1 aliphatic heterocycles. The normalized spacial score (nSPS) is 15.0. The molecule has 0 aliphatic carbocycles. The maximum absolute atomic E-state index is 13.2. The van der Waals surface area contributed by atoms with Crippen LogP contribution in [0.15, 0.2) is 83.3 Å². The zero-order chi connectivity index (χ0) is 17.5. The van der Waals surface area contributed by atoms with Crippen molar-refractivity contribution in [2.75, 3.05) is 4.90 Å². The summed E-state index contributed by atoms with van der Waals surface area (Å²) >= 11 is 1.57. The number of hydrogen-bond acceptors (Lipinski definition) is 4. The Kier molecular flexibility index (Phi) is 3.40. The first-order valence-electron chi connectivity index (χ1n) is 8.22. The average molecular weight is 355 g/mol. The average Bonchev–Trinajstić information content (AvgIpc) is 3.25. The number of nitrogens with zero attached hydrogens (tertiary/aromatic N) is 3. The van der Waals surface area contributed by atoms with Crippen molar-refractivity contribution in [1.29, 1.82) is 0 Å². The van der Waals surface area contributed by atoms with Gasteiger partial charge in [0.1, 0.15) is 5.71 Å². The molecule has 0 unspecified atom stereocenters. The number of rotatable bonds is 2. The van der Waals surface area contributed by atoms with Gasteiger partial charge in [0, 0.05) is 11.3 Å². The lowest BCUT2D eigenvalue weighted by Gasteiger charge is -2.16. The molecule has 1 aliphatic rings. The molecule has 0 bridgehead atoms. The fourth-order valence-corrected chi connectivity index (χ4v) is 3.89. The number of carbonyl (C=O) groups excluding carboxylic acids is 1. The quantitative estimate of drug-likeness (QED) is 0.502. The van der Waals surface area contributed by atoms with Crippen LogP contribution in [0.2, 0.25) is 0 Å². The standard InChI is InChI=1S/C21H13N3OS/c25-21-20(23-14-10-11-17-19(12-14)26-13-22-17)16-8-4-5-9-18(16)24(21)15-6-2-1-3-7-15/h1-13H. The van der Waals surface area contributed by atoms with Crippen LogP contribution in [0.4, 0.5) is 17.1 Å². The SMILES string of the molecule is O=C1C(=Nc2ccc3ncsc3c2)c2ccccc2N1c1ccccc1. The van der Waals surface area contributed by atoms with E-state index < -0.39 is 0 Å². The second-order valence-electron chi connectivity index (χ2n) is 5.96. The Labute approximate surface area is 154 Å². The summed E-state index contributed by atoms with van der Waals surface area (Å²) in [5.41, 5.74) is 6.54. The molecule has 0 saturated heterocycles. The monoisotopic (exact) mass is 355 g/mol. The van der Waals surface area contributed by atoms with E-state index in [1.165, 1.54) is 0 Å². The zero-order valence-electron chi connectivity index (χ0n) is 13.7. The Morgan fingerprint density at radius 1 is 0.923 bits per heavy atom. The van der Waals surface area contributed by atoms with E-state index in [0.29, 0.717) is 5.71 Å². The van der Waals surface area contributed by atoms with E-state index in [1.54, 1.807) is 16.2 Å². The van der Waals surface area contributed by atoms with Gasteiger partial charge in [-0.25, -0.2) is 9.98 Å². The number of aromatic nitrogens is 1. The Bertz CT molecular complexity index is 1160. The fraction of sp³-hybridized carbons (Fsp3) is 0. The number of benzene rings is 3. The van der Waals surface area contributed by atoms with Gasteiger partial charge in [-0.1, -0.05) is 36.4 Å². The van der Waals surface area contributed by atoms with Crippen molar-refractivity contribution in [2.45, 2.75) is 0 Å². The third kappa shape index (κ3) is 2.33. The van der Waals surface area contributed by atoms with Gasteiger partial charge in [-0.15, -0.1) is 11.3 Å². The molecule has 1 aromatic heterocycles. The number of aliphatic imine (C=N–C) groups is 1. The molecule has 0 saturated carbocycles. The van der Waals surface area contributed by atoms with Crippen LogP contribution in [0.5, 0.6) is 0 Å². The summed E-state index contributed by atoms with van der Waals surface area (Å²) in [4.78, 5) is 23.9. The molecule has 0 fully saturated rings. The Hall–Kier alpha value is -3.31. The summed E-state index contributed by atoms with van der Waals surface area (Å²) < 4.78 is 1.06. The summed E-state index contributed by atoms with van der Waals surface area (Å²) in [5, 5.41) is 0. The maximum Gasteiger partial charge on any atom is 0.282 e. The molecular formula is C21H13N3OS. The number of hydrogen-bond donors (Lipinski definition) is 0. The lowest BCUT2D eigenvalue weighted by Crippen LogP contribution is -2.25. The molecular weight excluding hydrogens is 342 g/mol. The number of carbonyl (C=O) groups is 1. The molecule has 5 rings (SSSR count). The Morgan fingerprint density at radius 3 is 2.62 bits per heavy atom. The van der Waals surface area contributed by atoms with Gasteiger partial charge in [0.15, 0.2) is 0 Å². The third-order valence-corrected chi connectivity index (χ3v) is 5.17. The molecule has 0 atom stereocenters. The highest BCUT2D eigenvalue weighted by molar-refractivity contribution is 7.16. The van der Waals surface area contributed by atoms with Crippen LogP contribution in [-0.4, -0.2) is 16.6 Å². The van der Waals surface area contributed by atoms with Crippen molar-refractivity contribution in [3.8, 4) is 0 Å². The number of fused-ring (bicyclic) bond motifs is 2. The van der Waals surface area contributed by atoms with Crippen LogP contribution < -0.4 is 4.90 Å². The lowest BCUT2D eigenvalue weighted by atomic mass is 10.1. The molecule has 26 heavy (non-hydrogen) atoms. The molecule has 2 heterocycles. The first kappa shape index (κ1) is 15.0. The summed E-state index contributed by atoms with van der Waals surface area (Å²) in [5.74, 6) is -0.109. The molecule has 124 valence electrons. The number of thiazole rings is 1. The summed E-state index contributed by atoms with van der Waals surface area (Å²) in [6, 6.07) is 23.2. The van der Waals surface area contributed by atoms with E-state index in [1.807, 2.05) is 78.3 Å². The van der Waals surface area contributed by atoms with Gasteiger partial charge in [0.2, 0.25) is 0 Å². The second-order valence-corrected chi connectivity index (χ2v) is 6.84. The van der Waals surface area contributed by atoms with Gasteiger partial charge < -0.3 is 0 Å². The molecule has 4 nitrogen and oxygen atoms in total. The van der Waals surface area contributed by atoms with E-state index in [9.17, 15) is 4.79 Å². The van der Waals surface area contributed by atoms with Gasteiger partial charge in [0.25, 0.3) is 5.91 Å². The van der Waals surface area contributed by atoms with Gasteiger partial charge in [-0.05, 0) is 36.4 Å². The minimum absolute atomic E-state index is 0.109. The number of para-hydroxylation sites is 2. The predicted molar refractivity (Wildman–Crippen MR) is 106 cm³/mol. The van der Waals surface area contributed by atoms with E-state index in [4.69, 9.17) is 4.99 Å². The first-order valence-corrected chi connectivity index (χ1v) is 9.10. The van der Waals surface area contributed by atoms with Crippen molar-refractivity contribution in [3.05, 3.63) is 83.9 Å². The summed E-state index contributed by atoms with van der Waals surface area (Å²) in [7, 11) is 0. The first-order chi connectivity index (χ1) is 12.8. The minimum Gasteiger partial charge on any atom is -0.275 e. The molecule has 0 spiro atoms. The van der Waals surface area contributed by atoms with Gasteiger partial charge in [0.05, 0.1) is 27.1 Å². The van der Waals surface area contributed by atoms with Gasteiger partial charge >= 0.3 is 0 Å². The topological polar surface area (TPSA) is 45.6 Å². The number of amides is 1. The highest BCUT2D eigenvalue weighted by Crippen LogP contribution is 2.36. The molecule has 3 aromatic carbocycles. The number of anilines is 2. The van der Waals surface area contributed by atoms with Crippen LogP contribution in [0.3, 0.4) is 0 Å². The van der Waals surface area contributed by atoms with Crippen LogP contribution in [0.1, 0.15) is 5.56 Å². The second kappa shape index (κ2) is 5.89. The van der Waals surface area contributed by atoms with Crippen molar-refractivity contribution in [3.63, 3.8) is 0 Å². The van der Waals surface area contributed by atoms with Crippen molar-refractivity contribution in [2.24, 2.45) is 4.99 Å². The Morgan fingerprint density at radius 2 is 1.73 bits per heavy atom. The summed E-state index contributed by atoms with van der Waals surface area (Å²) in [6.07, 6.45) is 0. The summed E-state index contributed by atoms with van der Waals surface area (Å²) in [6.45, 7) is 0. The maximum atomic E-state index is 13.2. The minimum atomic E-state index is -0.109. The third-order valence-electron chi connectivity index (χ3n) is 4.38. The van der Waals surface area contributed by atoms with Crippen LogP contribution >= 0.6 is 11.3 Å². The fourth-order valence-electron chi connectivity index (χ4n) is 3.18. The van der Waals surface area contributed by atoms with E-state index in [2.05, 4.69) is 4.98 Å². The smallest absolute Gasteiger partial charge is 0.275 e. The molecule has 0 radical (unpaired) electrons. The largest absolute Gasteiger partial charge is 0.282 e. The molecule has 5 heteroatoms. The van der Waals surface area contributed by atoms with Crippen LogP contribution in [0, 0.1) is 0 Å². The van der Waals surface area contributed by atoms with E-state index in [0.717, 1.165) is 32.8 Å². The van der Waals surface area contributed by atoms with Gasteiger partial charge in [-0.3, -0.25) is 9.69 Å². The van der Waals surface area contributed by atoms with Crippen molar-refractivity contribution >= 4 is 50.2 Å². The van der Waals surface area contributed by atoms with Crippen molar-refractivity contribution < 1.29 is 4.79 Å².